The summed E-state index contributed by atoms with van der Waals surface area (Å²) in [7, 11) is 1.74. The number of nitrogens with zero attached hydrogens (tertiary/aromatic N) is 2. The molecule has 0 unspecified atom stereocenters. The fraction of sp³-hybridized carbons (Fsp3) is 0.333. The molecule has 0 atom stereocenters. The molecule has 0 N–H and O–H groups in total. The van der Waals surface area contributed by atoms with Gasteiger partial charge in [-0.3, -0.25) is 0 Å². The molecule has 29 heavy (non-hydrogen) atoms. The van der Waals surface area contributed by atoms with Crippen molar-refractivity contribution in [2.24, 2.45) is 0 Å². The third kappa shape index (κ3) is 3.54. The smallest absolute Gasteiger partial charge is 0.268 e. The predicted molar refractivity (Wildman–Crippen MR) is 111 cm³/mol. The third-order valence-corrected chi connectivity index (χ3v) is 6.56. The summed E-state index contributed by atoms with van der Waals surface area (Å²) in [6.07, 6.45) is 2.34. The van der Waals surface area contributed by atoms with Gasteiger partial charge in [-0.1, -0.05) is 0 Å². The number of methoxy groups -OCH3 is 1. The van der Waals surface area contributed by atoms with Crippen molar-refractivity contribution in [3.63, 3.8) is 0 Å². The van der Waals surface area contributed by atoms with Crippen molar-refractivity contribution in [2.45, 2.75) is 17.9 Å². The summed E-state index contributed by atoms with van der Waals surface area (Å²) < 4.78 is 44.9. The Bertz CT molecular complexity index is 1150. The molecule has 1 aliphatic heterocycles. The zero-order valence-corrected chi connectivity index (χ0v) is 17.5. The molecule has 0 amide bonds. The van der Waals surface area contributed by atoms with Gasteiger partial charge < -0.3 is 19.1 Å². The van der Waals surface area contributed by atoms with Gasteiger partial charge in [0.1, 0.15) is 5.75 Å². The van der Waals surface area contributed by atoms with Gasteiger partial charge in [0.05, 0.1) is 30.7 Å². The van der Waals surface area contributed by atoms with Crippen molar-refractivity contribution in [3.8, 4) is 17.2 Å². The van der Waals surface area contributed by atoms with Gasteiger partial charge in [0.2, 0.25) is 0 Å². The van der Waals surface area contributed by atoms with E-state index in [0.717, 1.165) is 23.1 Å². The molecule has 2 aromatic carbocycles. The summed E-state index contributed by atoms with van der Waals surface area (Å²) in [4.78, 5) is 2.18. The summed E-state index contributed by atoms with van der Waals surface area (Å²) in [5.41, 5.74) is 1.55. The van der Waals surface area contributed by atoms with E-state index in [1.807, 2.05) is 25.1 Å². The van der Waals surface area contributed by atoms with Gasteiger partial charge in [-0.25, -0.2) is 12.4 Å². The van der Waals surface area contributed by atoms with E-state index in [4.69, 9.17) is 14.2 Å². The predicted octanol–water partition coefficient (Wildman–Crippen LogP) is 3.11. The zero-order valence-electron chi connectivity index (χ0n) is 16.7. The average Bonchev–Trinajstić information content (AvgIpc) is 3.00. The Kier molecular flexibility index (Phi) is 5.14. The standard InChI is InChI=1S/C21H24N2O5S/c1-22(2)14-17-16-9-10-23(18(16)6-8-19(17)26-3)29(24,25)15-5-7-20-21(13-15)28-12-4-11-27-20/h5-10,13H,4,11-12,14H2,1-3H3. The highest BCUT2D eigenvalue weighted by molar-refractivity contribution is 7.90. The van der Waals surface area contributed by atoms with Crippen molar-refractivity contribution < 1.29 is 22.6 Å². The summed E-state index contributed by atoms with van der Waals surface area (Å²) in [6, 6.07) is 10.1. The number of aromatic nitrogens is 1. The van der Waals surface area contributed by atoms with Crippen LogP contribution in [0.5, 0.6) is 17.2 Å². The molecule has 0 saturated heterocycles. The first-order valence-electron chi connectivity index (χ1n) is 9.38. The molecule has 154 valence electrons. The molecule has 0 fully saturated rings. The van der Waals surface area contributed by atoms with Crippen molar-refractivity contribution in [1.29, 1.82) is 0 Å². The Labute approximate surface area is 170 Å². The maximum atomic E-state index is 13.4. The van der Waals surface area contributed by atoms with Crippen LogP contribution in [0, 0.1) is 0 Å². The molecule has 0 radical (unpaired) electrons. The fourth-order valence-electron chi connectivity index (χ4n) is 3.53. The maximum absolute atomic E-state index is 13.4. The Balaban J connectivity index is 1.83. The summed E-state index contributed by atoms with van der Waals surface area (Å²) >= 11 is 0. The lowest BCUT2D eigenvalue weighted by Crippen LogP contribution is -2.13. The molecule has 1 aliphatic rings. The summed E-state index contributed by atoms with van der Waals surface area (Å²) in [6.45, 7) is 1.68. The second-order valence-electron chi connectivity index (χ2n) is 7.19. The monoisotopic (exact) mass is 416 g/mol. The molecular formula is C21H24N2O5S. The molecular weight excluding hydrogens is 392 g/mol. The van der Waals surface area contributed by atoms with Gasteiger partial charge in [-0.05, 0) is 44.4 Å². The molecule has 0 spiro atoms. The SMILES string of the molecule is COc1ccc2c(ccn2S(=O)(=O)c2ccc3c(c2)OCCCO3)c1CN(C)C. The molecule has 3 aromatic rings. The first kappa shape index (κ1) is 19.6. The van der Waals surface area contributed by atoms with Crippen LogP contribution in [0.1, 0.15) is 12.0 Å². The minimum absolute atomic E-state index is 0.157. The van der Waals surface area contributed by atoms with E-state index in [2.05, 4.69) is 0 Å². The lowest BCUT2D eigenvalue weighted by Gasteiger charge is -2.15. The van der Waals surface area contributed by atoms with Gasteiger partial charge in [0.25, 0.3) is 10.0 Å². The number of fused-ring (bicyclic) bond motifs is 2. The minimum atomic E-state index is -3.81. The van der Waals surface area contributed by atoms with Gasteiger partial charge in [0, 0.05) is 36.2 Å². The zero-order chi connectivity index (χ0) is 20.6. The third-order valence-electron chi connectivity index (χ3n) is 4.88. The Hall–Kier alpha value is -2.71. The number of rotatable bonds is 5. The van der Waals surface area contributed by atoms with Crippen LogP contribution < -0.4 is 14.2 Å². The molecule has 8 heteroatoms. The average molecular weight is 416 g/mol. The fourth-order valence-corrected chi connectivity index (χ4v) is 4.89. The van der Waals surface area contributed by atoms with Crippen molar-refractivity contribution in [2.75, 3.05) is 34.4 Å². The normalized spacial score (nSPS) is 14.2. The number of hydrogen-bond acceptors (Lipinski definition) is 6. The molecule has 0 aliphatic carbocycles. The lowest BCUT2D eigenvalue weighted by molar-refractivity contribution is 0.297. The van der Waals surface area contributed by atoms with Crippen LogP contribution in [0.3, 0.4) is 0 Å². The van der Waals surface area contributed by atoms with Crippen LogP contribution in [0.2, 0.25) is 0 Å². The minimum Gasteiger partial charge on any atom is -0.496 e. The largest absolute Gasteiger partial charge is 0.496 e. The van der Waals surface area contributed by atoms with E-state index < -0.39 is 10.0 Å². The Morgan fingerprint density at radius 3 is 2.55 bits per heavy atom. The quantitative estimate of drug-likeness (QED) is 0.637. The van der Waals surface area contributed by atoms with E-state index in [1.165, 1.54) is 10.0 Å². The first-order chi connectivity index (χ1) is 13.9. The van der Waals surface area contributed by atoms with E-state index >= 15 is 0 Å². The van der Waals surface area contributed by atoms with Crippen molar-refractivity contribution in [1.82, 2.24) is 8.87 Å². The highest BCUT2D eigenvalue weighted by atomic mass is 32.2. The Morgan fingerprint density at radius 2 is 1.83 bits per heavy atom. The van der Waals surface area contributed by atoms with Crippen molar-refractivity contribution in [3.05, 3.63) is 48.2 Å². The lowest BCUT2D eigenvalue weighted by atomic mass is 10.1. The molecule has 2 heterocycles. The molecule has 0 bridgehead atoms. The van der Waals surface area contributed by atoms with Gasteiger partial charge in [-0.15, -0.1) is 0 Å². The van der Waals surface area contributed by atoms with E-state index in [1.54, 1.807) is 37.6 Å². The summed E-state index contributed by atoms with van der Waals surface area (Å²) in [5.74, 6) is 1.75. The van der Waals surface area contributed by atoms with Crippen LogP contribution in [0.15, 0.2) is 47.5 Å². The Morgan fingerprint density at radius 1 is 1.07 bits per heavy atom. The number of ether oxygens (including phenoxy) is 3. The summed E-state index contributed by atoms with van der Waals surface area (Å²) in [5, 5.41) is 0.843. The van der Waals surface area contributed by atoms with Gasteiger partial charge >= 0.3 is 0 Å². The number of benzene rings is 2. The second-order valence-corrected chi connectivity index (χ2v) is 9.01. The van der Waals surface area contributed by atoms with Crippen LogP contribution in [0.4, 0.5) is 0 Å². The maximum Gasteiger partial charge on any atom is 0.268 e. The van der Waals surface area contributed by atoms with Crippen LogP contribution in [-0.4, -0.2) is 51.7 Å². The highest BCUT2D eigenvalue weighted by Gasteiger charge is 2.23. The van der Waals surface area contributed by atoms with Crippen LogP contribution in [0.25, 0.3) is 10.9 Å². The van der Waals surface area contributed by atoms with Gasteiger partial charge in [0.15, 0.2) is 11.5 Å². The second kappa shape index (κ2) is 7.61. The van der Waals surface area contributed by atoms with Gasteiger partial charge in [-0.2, -0.15) is 0 Å². The van der Waals surface area contributed by atoms with E-state index in [9.17, 15) is 8.42 Å². The van der Waals surface area contributed by atoms with Crippen molar-refractivity contribution >= 4 is 20.9 Å². The topological polar surface area (TPSA) is 70.0 Å². The molecule has 4 rings (SSSR count). The molecule has 0 saturated carbocycles. The number of hydrogen-bond donors (Lipinski definition) is 0. The van der Waals surface area contributed by atoms with Crippen LogP contribution >= 0.6 is 0 Å². The van der Waals surface area contributed by atoms with E-state index in [-0.39, 0.29) is 4.90 Å². The first-order valence-corrected chi connectivity index (χ1v) is 10.8. The van der Waals surface area contributed by atoms with E-state index in [0.29, 0.717) is 36.8 Å². The highest BCUT2D eigenvalue weighted by Crippen LogP contribution is 2.35. The molecule has 1 aromatic heterocycles. The van der Waals surface area contributed by atoms with Crippen LogP contribution in [-0.2, 0) is 16.6 Å². The molecule has 7 nitrogen and oxygen atoms in total.